The lowest BCUT2D eigenvalue weighted by atomic mass is 10.1. The van der Waals surface area contributed by atoms with Gasteiger partial charge in [-0.1, -0.05) is 0 Å². The van der Waals surface area contributed by atoms with Crippen molar-refractivity contribution >= 4 is 38.7 Å². The summed E-state index contributed by atoms with van der Waals surface area (Å²) in [5, 5.41) is 6.70. The van der Waals surface area contributed by atoms with Gasteiger partial charge in [0.05, 0.1) is 30.2 Å². The number of carbonyl (C=O) groups excluding carboxylic acids is 1. The summed E-state index contributed by atoms with van der Waals surface area (Å²) >= 11 is 1.17. The molecule has 1 saturated carbocycles. The van der Waals surface area contributed by atoms with E-state index in [1.165, 1.54) is 11.3 Å². The van der Waals surface area contributed by atoms with Crippen molar-refractivity contribution in [3.8, 4) is 11.4 Å². The number of hydrogen-bond donors (Lipinski definition) is 2. The van der Waals surface area contributed by atoms with Crippen molar-refractivity contribution in [1.29, 1.82) is 0 Å². The minimum absolute atomic E-state index is 0.130. The highest BCUT2D eigenvalue weighted by molar-refractivity contribution is 7.94. The second kappa shape index (κ2) is 10.3. The normalized spacial score (nSPS) is 21.5. The molecule has 3 heterocycles. The quantitative estimate of drug-likeness (QED) is 0.464. The number of urea groups is 1. The van der Waals surface area contributed by atoms with Crippen molar-refractivity contribution in [1.82, 2.24) is 20.3 Å². The number of nitrogens with zero attached hydrogens (tertiary/aromatic N) is 4. The van der Waals surface area contributed by atoms with E-state index in [4.69, 9.17) is 14.7 Å². The highest BCUT2D eigenvalue weighted by atomic mass is 32.2. The predicted octanol–water partition coefficient (Wildman–Crippen LogP) is 3.60. The van der Waals surface area contributed by atoms with Gasteiger partial charge in [-0.05, 0) is 51.5 Å². The van der Waals surface area contributed by atoms with Gasteiger partial charge >= 0.3 is 6.03 Å². The molecule has 1 aliphatic carbocycles. The molecule has 2 amide bonds. The molecule has 3 aromatic rings. The largest absolute Gasteiger partial charge is 0.377 e. The Morgan fingerprint density at radius 3 is 2.68 bits per heavy atom. The van der Waals surface area contributed by atoms with Gasteiger partial charge in [0, 0.05) is 47.4 Å². The fraction of sp³-hybridized carbons (Fsp3) is 0.440. The monoisotopic (exact) mass is 542 g/mol. The summed E-state index contributed by atoms with van der Waals surface area (Å²) in [5.74, 6) is 1.06. The number of carbonyl (C=O) groups is 1. The van der Waals surface area contributed by atoms with E-state index < -0.39 is 15.1 Å². The van der Waals surface area contributed by atoms with Crippen LogP contribution in [-0.4, -0.2) is 67.0 Å². The van der Waals surface area contributed by atoms with E-state index in [1.54, 1.807) is 24.4 Å². The number of nitrogens with one attached hydrogen (secondary N) is 2. The van der Waals surface area contributed by atoms with Gasteiger partial charge in [0.2, 0.25) is 14.2 Å². The lowest BCUT2D eigenvalue weighted by molar-refractivity contribution is 0.0985. The maximum Gasteiger partial charge on any atom is 0.319 e. The van der Waals surface area contributed by atoms with Crippen LogP contribution in [0, 0.1) is 6.92 Å². The average Bonchev–Trinajstić information content (AvgIpc) is 3.58. The van der Waals surface area contributed by atoms with Gasteiger partial charge in [-0.15, -0.1) is 11.3 Å². The number of rotatable bonds is 7. The zero-order valence-corrected chi connectivity index (χ0v) is 22.6. The number of benzene rings is 1. The molecule has 1 aromatic carbocycles. The van der Waals surface area contributed by atoms with Crippen LogP contribution in [0.3, 0.4) is 0 Å². The van der Waals surface area contributed by atoms with Gasteiger partial charge in [0.15, 0.2) is 5.82 Å². The van der Waals surface area contributed by atoms with E-state index >= 15 is 0 Å². The molecular weight excluding hydrogens is 512 g/mol. The molecule has 2 aromatic heterocycles. The van der Waals surface area contributed by atoms with Gasteiger partial charge in [-0.25, -0.2) is 28.2 Å². The molecule has 10 nitrogen and oxygen atoms in total. The summed E-state index contributed by atoms with van der Waals surface area (Å²) in [4.78, 5) is 27.9. The first kappa shape index (κ1) is 25.6. The molecule has 0 radical (unpaired) electrons. The Balaban J connectivity index is 1.46. The minimum Gasteiger partial charge on any atom is -0.377 e. The molecule has 0 spiro atoms. The Bertz CT molecular complexity index is 1390. The Hall–Kier alpha value is -3.09. The van der Waals surface area contributed by atoms with Crippen LogP contribution in [0.15, 0.2) is 40.1 Å². The highest BCUT2D eigenvalue weighted by Crippen LogP contribution is 2.48. The third-order valence-electron chi connectivity index (χ3n) is 6.48. The molecule has 2 aliphatic rings. The Kier molecular flexibility index (Phi) is 7.15. The number of morpholine rings is 1. The number of thiazole rings is 1. The van der Waals surface area contributed by atoms with E-state index in [0.29, 0.717) is 55.6 Å². The number of aryl methyl sites for hydroxylation is 1. The molecule has 1 saturated heterocycles. The number of anilines is 2. The smallest absolute Gasteiger partial charge is 0.319 e. The lowest BCUT2D eigenvalue weighted by Crippen LogP contribution is -2.44. The Labute approximate surface area is 220 Å². The van der Waals surface area contributed by atoms with Crippen LogP contribution in [0.1, 0.15) is 37.6 Å². The molecule has 5 rings (SSSR count). The molecule has 196 valence electrons. The van der Waals surface area contributed by atoms with Crippen LogP contribution in [0.4, 0.5) is 16.3 Å². The summed E-state index contributed by atoms with van der Waals surface area (Å²) in [7, 11) is -3.52. The van der Waals surface area contributed by atoms with Crippen LogP contribution in [0.2, 0.25) is 0 Å². The van der Waals surface area contributed by atoms with Crippen molar-refractivity contribution in [2.45, 2.75) is 48.7 Å². The maximum atomic E-state index is 13.2. The SMILES string of the molecule is CCNC(=O)Nc1ccc(-c2nc(C3CC3S(=O)(=O)c3nc(C)cs3)cc(N3CCOC[C@@H]3C)n2)cc1. The van der Waals surface area contributed by atoms with Gasteiger partial charge in [0.1, 0.15) is 5.82 Å². The van der Waals surface area contributed by atoms with Crippen molar-refractivity contribution in [2.75, 3.05) is 36.5 Å². The second-order valence-corrected chi connectivity index (χ2v) is 12.5. The zero-order chi connectivity index (χ0) is 26.2. The summed E-state index contributed by atoms with van der Waals surface area (Å²) in [6, 6.07) is 9.08. The van der Waals surface area contributed by atoms with Crippen molar-refractivity contribution in [3.05, 3.63) is 47.1 Å². The van der Waals surface area contributed by atoms with Gasteiger partial charge < -0.3 is 20.3 Å². The second-order valence-electron chi connectivity index (χ2n) is 9.33. The molecule has 12 heteroatoms. The van der Waals surface area contributed by atoms with Gasteiger partial charge in [0.25, 0.3) is 0 Å². The molecule has 2 N–H and O–H groups in total. The summed E-state index contributed by atoms with van der Waals surface area (Å²) < 4.78 is 32.2. The van der Waals surface area contributed by atoms with E-state index in [1.807, 2.05) is 25.1 Å². The molecule has 0 bridgehead atoms. The van der Waals surface area contributed by atoms with Crippen molar-refractivity contribution in [2.24, 2.45) is 0 Å². The average molecular weight is 543 g/mol. The van der Waals surface area contributed by atoms with Crippen molar-refractivity contribution < 1.29 is 17.9 Å². The molecule has 3 atom stereocenters. The molecular formula is C25H30N6O4S2. The number of amides is 2. The van der Waals surface area contributed by atoms with Crippen LogP contribution in [0.5, 0.6) is 0 Å². The number of aromatic nitrogens is 3. The molecule has 2 unspecified atom stereocenters. The van der Waals surface area contributed by atoms with E-state index in [0.717, 1.165) is 11.4 Å². The van der Waals surface area contributed by atoms with E-state index in [-0.39, 0.29) is 22.3 Å². The Morgan fingerprint density at radius 1 is 1.22 bits per heavy atom. The highest BCUT2D eigenvalue weighted by Gasteiger charge is 2.51. The minimum atomic E-state index is -3.52. The summed E-state index contributed by atoms with van der Waals surface area (Å²) in [6.45, 7) is 8.15. The van der Waals surface area contributed by atoms with E-state index in [2.05, 4.69) is 27.4 Å². The first-order valence-electron chi connectivity index (χ1n) is 12.3. The third-order valence-corrected chi connectivity index (χ3v) is 10.1. The van der Waals surface area contributed by atoms with Crippen LogP contribution >= 0.6 is 11.3 Å². The molecule has 1 aliphatic heterocycles. The predicted molar refractivity (Wildman–Crippen MR) is 143 cm³/mol. The van der Waals surface area contributed by atoms with E-state index in [9.17, 15) is 13.2 Å². The van der Waals surface area contributed by atoms with Crippen LogP contribution in [-0.2, 0) is 14.6 Å². The lowest BCUT2D eigenvalue weighted by Gasteiger charge is -2.34. The first-order chi connectivity index (χ1) is 17.8. The van der Waals surface area contributed by atoms with Crippen LogP contribution in [0.25, 0.3) is 11.4 Å². The Morgan fingerprint density at radius 2 is 2.00 bits per heavy atom. The third kappa shape index (κ3) is 5.46. The molecule has 2 fully saturated rings. The number of hydrogen-bond acceptors (Lipinski definition) is 9. The number of sulfone groups is 1. The summed E-state index contributed by atoms with van der Waals surface area (Å²) in [6.07, 6.45) is 0.505. The first-order valence-corrected chi connectivity index (χ1v) is 14.7. The van der Waals surface area contributed by atoms with Crippen LogP contribution < -0.4 is 15.5 Å². The summed E-state index contributed by atoms with van der Waals surface area (Å²) in [5.41, 5.74) is 2.85. The maximum absolute atomic E-state index is 13.2. The fourth-order valence-corrected chi connectivity index (χ4v) is 7.58. The standard InChI is InChI=1S/C25H30N6O4S2/c1-4-26-24(32)28-18-7-5-17(6-8-18)23-29-20(12-22(30-23)31-9-10-35-13-16(31)3)19-11-21(19)37(33,34)25-27-15(2)14-36-25/h5-8,12,14,16,19,21H,4,9-11,13H2,1-3H3,(H2,26,28,32)/t16-,19?,21?/m0/s1. The topological polar surface area (TPSA) is 126 Å². The zero-order valence-electron chi connectivity index (χ0n) is 21.0. The fourth-order valence-electron chi connectivity index (χ4n) is 4.44. The van der Waals surface area contributed by atoms with Crippen molar-refractivity contribution in [3.63, 3.8) is 0 Å². The van der Waals surface area contributed by atoms with Gasteiger partial charge in [-0.2, -0.15) is 0 Å². The number of ether oxygens (including phenoxy) is 1. The van der Waals surface area contributed by atoms with Gasteiger partial charge in [-0.3, -0.25) is 0 Å². The molecule has 37 heavy (non-hydrogen) atoms.